The summed E-state index contributed by atoms with van der Waals surface area (Å²) in [5.41, 5.74) is 4.32. The Balaban J connectivity index is 0.000000231. The molecule has 1 amide bonds. The van der Waals surface area contributed by atoms with Gasteiger partial charge in [0.2, 0.25) is 0 Å². The standard InChI is InChI=1S/C31H37N7O5.C13H10N4O2/c1-31(2,3)43-30(40)38(20-22-16-27-28(19-33-22)42-15-14-41-27)23-6-9-35(10-7-23)12-13-37-26-17-24(36-11-8-32-21-36)18-34-25(26)4-5-29(37)39;18-6-5-17-12-7-10(16-4-3-14-9-16)8-15-11(12)1-2-13(17)19/h4-5,8,11,16-19,21,23H,6-7,9-10,12-15,20H2,1-3H3;1-4,6-9H,5H2. The lowest BCUT2D eigenvalue weighted by Crippen LogP contribution is -2.49. The summed E-state index contributed by atoms with van der Waals surface area (Å²) in [5, 5.41) is 0. The second-order valence-electron chi connectivity index (χ2n) is 15.9. The molecule has 0 unspecified atom stereocenters. The van der Waals surface area contributed by atoms with Gasteiger partial charge in [0.15, 0.2) is 11.5 Å². The molecule has 18 heteroatoms. The molecule has 0 saturated carbocycles. The molecule has 2 aliphatic heterocycles. The van der Waals surface area contributed by atoms with Gasteiger partial charge in [0, 0.05) is 75.2 Å². The number of nitrogens with zero attached hydrogens (tertiary/aromatic N) is 11. The number of carbonyl (C=O) groups excluding carboxylic acids is 2. The molecule has 0 aliphatic carbocycles. The van der Waals surface area contributed by atoms with Gasteiger partial charge < -0.3 is 37.6 Å². The predicted molar refractivity (Wildman–Crippen MR) is 229 cm³/mol. The Kier molecular flexibility index (Phi) is 12.2. The largest absolute Gasteiger partial charge is 0.486 e. The van der Waals surface area contributed by atoms with Crippen molar-refractivity contribution in [1.82, 2.24) is 53.0 Å². The first-order valence-electron chi connectivity index (χ1n) is 20.4. The van der Waals surface area contributed by atoms with Gasteiger partial charge in [0.25, 0.3) is 11.1 Å². The molecular formula is C44H47N11O7. The Morgan fingerprint density at radius 1 is 0.790 bits per heavy atom. The van der Waals surface area contributed by atoms with Crippen LogP contribution in [0.15, 0.2) is 108 Å². The predicted octanol–water partition coefficient (Wildman–Crippen LogP) is 4.43. The lowest BCUT2D eigenvalue weighted by molar-refractivity contribution is -0.108. The van der Waals surface area contributed by atoms with E-state index in [2.05, 4.69) is 29.8 Å². The van der Waals surface area contributed by atoms with Crippen molar-refractivity contribution in [3.63, 3.8) is 0 Å². The van der Waals surface area contributed by atoms with E-state index in [1.54, 1.807) is 82.1 Å². The minimum Gasteiger partial charge on any atom is -0.486 e. The van der Waals surface area contributed by atoms with Crippen LogP contribution in [-0.4, -0.2) is 110 Å². The number of amides is 1. The maximum absolute atomic E-state index is 13.4. The molecular weight excluding hydrogens is 795 g/mol. The maximum atomic E-state index is 13.4. The zero-order valence-corrected chi connectivity index (χ0v) is 34.7. The molecule has 0 spiro atoms. The number of rotatable bonds is 10. The van der Waals surface area contributed by atoms with Crippen molar-refractivity contribution in [1.29, 1.82) is 0 Å². The van der Waals surface area contributed by atoms with E-state index in [-0.39, 0.29) is 29.8 Å². The van der Waals surface area contributed by atoms with Crippen LogP contribution in [0.4, 0.5) is 4.79 Å². The van der Waals surface area contributed by atoms with E-state index in [4.69, 9.17) is 14.2 Å². The summed E-state index contributed by atoms with van der Waals surface area (Å²) >= 11 is 0. The number of imidazole rings is 2. The van der Waals surface area contributed by atoms with E-state index < -0.39 is 5.60 Å². The number of ether oxygens (including phenoxy) is 3. The van der Waals surface area contributed by atoms with E-state index in [9.17, 15) is 19.2 Å². The summed E-state index contributed by atoms with van der Waals surface area (Å²) in [5.74, 6) is 1.26. The van der Waals surface area contributed by atoms with Gasteiger partial charge >= 0.3 is 6.09 Å². The number of hydrogen-bond donors (Lipinski definition) is 0. The highest BCUT2D eigenvalue weighted by Crippen LogP contribution is 2.31. The average molecular weight is 842 g/mol. The molecule has 0 radical (unpaired) electrons. The van der Waals surface area contributed by atoms with Crippen LogP contribution in [0, 0.1) is 0 Å². The topological polar surface area (TPSA) is 187 Å². The first kappa shape index (κ1) is 41.5. The Morgan fingerprint density at radius 3 is 1.97 bits per heavy atom. The third-order valence-electron chi connectivity index (χ3n) is 10.6. The number of likely N-dealkylation sites (tertiary alicyclic amines) is 1. The second kappa shape index (κ2) is 18.2. The van der Waals surface area contributed by atoms with E-state index in [0.29, 0.717) is 61.7 Å². The lowest BCUT2D eigenvalue weighted by Gasteiger charge is -2.39. The molecule has 1 fully saturated rings. The van der Waals surface area contributed by atoms with Gasteiger partial charge in [-0.05, 0) is 57.9 Å². The Bertz CT molecular complexity index is 2790. The van der Waals surface area contributed by atoms with Crippen LogP contribution < -0.4 is 20.6 Å². The summed E-state index contributed by atoms with van der Waals surface area (Å²) in [6.07, 6.45) is 17.4. The second-order valence-corrected chi connectivity index (χ2v) is 15.9. The zero-order chi connectivity index (χ0) is 43.2. The van der Waals surface area contributed by atoms with Crippen LogP contribution in [0.1, 0.15) is 39.3 Å². The molecule has 0 bridgehead atoms. The summed E-state index contributed by atoms with van der Waals surface area (Å²) in [7, 11) is 0. The van der Waals surface area contributed by atoms with Gasteiger partial charge in [0.1, 0.15) is 25.1 Å². The SMILES string of the molecule is CC(C)(C)OC(=O)N(Cc1cc2c(cn1)OCCO2)C1CCN(CCn2c(=O)ccc3ncc(-n4ccnc4)cc32)CC1.O=CCn1c(=O)ccc2ncc(-n3ccnc3)cc21. The first-order chi connectivity index (χ1) is 30.0. The fourth-order valence-electron chi connectivity index (χ4n) is 7.52. The van der Waals surface area contributed by atoms with Crippen molar-refractivity contribution < 1.29 is 23.8 Å². The van der Waals surface area contributed by atoms with Gasteiger partial charge in [-0.15, -0.1) is 0 Å². The number of pyridine rings is 5. The van der Waals surface area contributed by atoms with Crippen LogP contribution in [0.25, 0.3) is 33.4 Å². The van der Waals surface area contributed by atoms with Crippen LogP contribution in [0.2, 0.25) is 0 Å². The Hall–Kier alpha value is -7.21. The molecule has 62 heavy (non-hydrogen) atoms. The quantitative estimate of drug-likeness (QED) is 0.176. The summed E-state index contributed by atoms with van der Waals surface area (Å²) < 4.78 is 24.0. The molecule has 0 N–H and O–H groups in total. The van der Waals surface area contributed by atoms with Gasteiger partial charge in [-0.3, -0.25) is 34.0 Å². The minimum atomic E-state index is -0.616. The van der Waals surface area contributed by atoms with E-state index in [1.165, 1.54) is 10.6 Å². The van der Waals surface area contributed by atoms with Crippen LogP contribution in [-0.2, 0) is 29.2 Å². The van der Waals surface area contributed by atoms with Gasteiger partial charge in [-0.2, -0.15) is 0 Å². The molecule has 7 aromatic rings. The van der Waals surface area contributed by atoms with E-state index in [0.717, 1.165) is 54.0 Å². The Labute approximate surface area is 356 Å². The fraction of sp³-hybridized carbons (Fsp3) is 0.341. The van der Waals surface area contributed by atoms with Crippen LogP contribution in [0.5, 0.6) is 11.5 Å². The fourth-order valence-corrected chi connectivity index (χ4v) is 7.52. The van der Waals surface area contributed by atoms with Crippen LogP contribution in [0.3, 0.4) is 0 Å². The van der Waals surface area contributed by atoms with Crippen molar-refractivity contribution in [2.45, 2.75) is 64.9 Å². The van der Waals surface area contributed by atoms with Gasteiger partial charge in [-0.25, -0.2) is 14.8 Å². The summed E-state index contributed by atoms with van der Waals surface area (Å²) in [6.45, 7) is 9.74. The molecule has 1 saturated heterocycles. The smallest absolute Gasteiger partial charge is 0.410 e. The highest BCUT2D eigenvalue weighted by Gasteiger charge is 2.32. The zero-order valence-electron chi connectivity index (χ0n) is 34.7. The van der Waals surface area contributed by atoms with Crippen molar-refractivity contribution >= 4 is 34.4 Å². The lowest BCUT2D eigenvalue weighted by atomic mass is 10.0. The number of aromatic nitrogens is 9. The Morgan fingerprint density at radius 2 is 1.39 bits per heavy atom. The van der Waals surface area contributed by atoms with Gasteiger partial charge in [0.05, 0.1) is 83.5 Å². The first-order valence-corrected chi connectivity index (χ1v) is 20.4. The monoisotopic (exact) mass is 841 g/mol. The van der Waals surface area contributed by atoms with Crippen molar-refractivity contribution in [3.8, 4) is 22.9 Å². The molecule has 0 atom stereocenters. The normalized spacial score (nSPS) is 14.3. The molecule has 9 heterocycles. The average Bonchev–Trinajstić information content (AvgIpc) is 4.02. The number of piperidine rings is 1. The van der Waals surface area contributed by atoms with Crippen LogP contribution >= 0.6 is 0 Å². The van der Waals surface area contributed by atoms with Crippen molar-refractivity contribution in [2.24, 2.45) is 0 Å². The van der Waals surface area contributed by atoms with Gasteiger partial charge in [-0.1, -0.05) is 0 Å². The summed E-state index contributed by atoms with van der Waals surface area (Å²) in [4.78, 5) is 74.4. The number of carbonyl (C=O) groups is 2. The molecule has 320 valence electrons. The molecule has 2 aliphatic rings. The van der Waals surface area contributed by atoms with E-state index >= 15 is 0 Å². The third kappa shape index (κ3) is 9.55. The molecule has 7 aromatic heterocycles. The highest BCUT2D eigenvalue weighted by atomic mass is 16.6. The van der Waals surface area contributed by atoms with E-state index in [1.807, 2.05) is 49.7 Å². The number of hydrogen-bond acceptors (Lipinski definition) is 13. The van der Waals surface area contributed by atoms with Crippen molar-refractivity contribution in [2.75, 3.05) is 32.8 Å². The minimum absolute atomic E-state index is 0.0108. The molecule has 9 rings (SSSR count). The molecule has 18 nitrogen and oxygen atoms in total. The maximum Gasteiger partial charge on any atom is 0.410 e. The summed E-state index contributed by atoms with van der Waals surface area (Å²) in [6, 6.07) is 12.0. The third-order valence-corrected chi connectivity index (χ3v) is 10.6. The number of aldehydes is 1. The highest BCUT2D eigenvalue weighted by molar-refractivity contribution is 5.78. The van der Waals surface area contributed by atoms with Crippen molar-refractivity contribution in [3.05, 3.63) is 125 Å². The number of fused-ring (bicyclic) bond motifs is 3. The molecule has 0 aromatic carbocycles.